The van der Waals surface area contributed by atoms with Crippen molar-refractivity contribution >= 4 is 21.6 Å². The smallest absolute Gasteiger partial charge is 0.269 e. The van der Waals surface area contributed by atoms with Gasteiger partial charge in [0, 0.05) is 43.9 Å². The van der Waals surface area contributed by atoms with Crippen molar-refractivity contribution < 1.29 is 18.1 Å². The summed E-state index contributed by atoms with van der Waals surface area (Å²) in [7, 11) is -3.61. The molecule has 0 radical (unpaired) electrons. The van der Waals surface area contributed by atoms with Crippen LogP contribution in [0.4, 0.5) is 5.69 Å². The average Bonchev–Trinajstić information content (AvgIpc) is 2.73. The van der Waals surface area contributed by atoms with Gasteiger partial charge < -0.3 is 4.90 Å². The van der Waals surface area contributed by atoms with Crippen LogP contribution in [0.3, 0.4) is 0 Å². The molecule has 1 fully saturated rings. The quantitative estimate of drug-likeness (QED) is 0.550. The number of amides is 1. The van der Waals surface area contributed by atoms with Crippen molar-refractivity contribution in [2.75, 3.05) is 26.2 Å². The van der Waals surface area contributed by atoms with Gasteiger partial charge in [-0.15, -0.1) is 0 Å². The first-order valence-corrected chi connectivity index (χ1v) is 10.8. The molecule has 3 rings (SSSR count). The van der Waals surface area contributed by atoms with Gasteiger partial charge in [0.1, 0.15) is 0 Å². The highest BCUT2D eigenvalue weighted by atomic mass is 32.2. The number of sulfonamides is 1. The Kier molecular flexibility index (Phi) is 5.99. The van der Waals surface area contributed by atoms with Crippen molar-refractivity contribution in [1.29, 1.82) is 0 Å². The van der Waals surface area contributed by atoms with Crippen LogP contribution in [0.1, 0.15) is 35.7 Å². The largest absolute Gasteiger partial charge is 0.336 e. The molecular weight excluding hydrogens is 394 g/mol. The van der Waals surface area contributed by atoms with E-state index in [0.29, 0.717) is 11.5 Å². The second-order valence-electron chi connectivity index (χ2n) is 7.22. The van der Waals surface area contributed by atoms with Crippen molar-refractivity contribution in [3.63, 3.8) is 0 Å². The predicted octanol–water partition coefficient (Wildman–Crippen LogP) is 2.86. The van der Waals surface area contributed by atoms with Crippen LogP contribution in [-0.2, 0) is 10.0 Å². The zero-order chi connectivity index (χ0) is 21.2. The van der Waals surface area contributed by atoms with Gasteiger partial charge in [0.15, 0.2) is 0 Å². The highest BCUT2D eigenvalue weighted by Crippen LogP contribution is 2.22. The zero-order valence-electron chi connectivity index (χ0n) is 16.3. The van der Waals surface area contributed by atoms with E-state index in [2.05, 4.69) is 0 Å². The summed E-state index contributed by atoms with van der Waals surface area (Å²) in [5, 5.41) is 10.7. The molecule has 0 atom stereocenters. The SMILES string of the molecule is CC(C)c1ccc(S(=O)(=O)N2CCN(C(=O)c3ccc([N+](=O)[O-])cc3)CC2)cc1. The Balaban J connectivity index is 1.66. The molecule has 0 N–H and O–H groups in total. The van der Waals surface area contributed by atoms with E-state index in [9.17, 15) is 23.3 Å². The van der Waals surface area contributed by atoms with Crippen molar-refractivity contribution in [3.05, 3.63) is 69.8 Å². The third-order valence-corrected chi connectivity index (χ3v) is 6.95. The maximum atomic E-state index is 12.9. The second kappa shape index (κ2) is 8.30. The molecule has 0 bridgehead atoms. The number of hydrogen-bond acceptors (Lipinski definition) is 5. The van der Waals surface area contributed by atoms with Crippen LogP contribution in [0.15, 0.2) is 53.4 Å². The summed E-state index contributed by atoms with van der Waals surface area (Å²) in [6, 6.07) is 12.3. The molecule has 0 aliphatic carbocycles. The Hall–Kier alpha value is -2.78. The molecule has 0 unspecified atom stereocenters. The number of nitrogens with zero attached hydrogens (tertiary/aromatic N) is 3. The van der Waals surface area contributed by atoms with E-state index in [4.69, 9.17) is 0 Å². The van der Waals surface area contributed by atoms with E-state index in [-0.39, 0.29) is 42.7 Å². The highest BCUT2D eigenvalue weighted by molar-refractivity contribution is 7.89. The predicted molar refractivity (Wildman–Crippen MR) is 108 cm³/mol. The molecule has 1 heterocycles. The van der Waals surface area contributed by atoms with Crippen LogP contribution in [0.25, 0.3) is 0 Å². The molecule has 29 heavy (non-hydrogen) atoms. The fourth-order valence-corrected chi connectivity index (χ4v) is 4.64. The van der Waals surface area contributed by atoms with E-state index in [0.717, 1.165) is 5.56 Å². The van der Waals surface area contributed by atoms with E-state index < -0.39 is 14.9 Å². The van der Waals surface area contributed by atoms with Gasteiger partial charge in [-0.2, -0.15) is 4.31 Å². The normalized spacial score (nSPS) is 15.5. The molecule has 1 aliphatic rings. The third kappa shape index (κ3) is 4.46. The summed E-state index contributed by atoms with van der Waals surface area (Å²) in [5.41, 5.74) is 1.33. The number of rotatable bonds is 5. The lowest BCUT2D eigenvalue weighted by atomic mass is 10.0. The van der Waals surface area contributed by atoms with Gasteiger partial charge in [0.2, 0.25) is 10.0 Å². The minimum Gasteiger partial charge on any atom is -0.336 e. The van der Waals surface area contributed by atoms with Crippen LogP contribution >= 0.6 is 0 Å². The Labute approximate surface area is 169 Å². The fourth-order valence-electron chi connectivity index (χ4n) is 3.21. The lowest BCUT2D eigenvalue weighted by molar-refractivity contribution is -0.384. The molecule has 9 heteroatoms. The number of non-ortho nitro benzene ring substituents is 1. The van der Waals surface area contributed by atoms with Crippen molar-refractivity contribution in [2.45, 2.75) is 24.7 Å². The fraction of sp³-hybridized carbons (Fsp3) is 0.350. The third-order valence-electron chi connectivity index (χ3n) is 5.04. The minimum atomic E-state index is -3.61. The van der Waals surface area contributed by atoms with Gasteiger partial charge in [-0.3, -0.25) is 14.9 Å². The molecule has 1 saturated heterocycles. The maximum Gasteiger partial charge on any atom is 0.269 e. The summed E-state index contributed by atoms with van der Waals surface area (Å²) < 4.78 is 27.1. The van der Waals surface area contributed by atoms with Crippen LogP contribution < -0.4 is 0 Å². The lowest BCUT2D eigenvalue weighted by Gasteiger charge is -2.34. The van der Waals surface area contributed by atoms with Gasteiger partial charge in [-0.1, -0.05) is 26.0 Å². The van der Waals surface area contributed by atoms with Gasteiger partial charge >= 0.3 is 0 Å². The molecule has 0 saturated carbocycles. The van der Waals surface area contributed by atoms with E-state index >= 15 is 0 Å². The van der Waals surface area contributed by atoms with Gasteiger partial charge in [0.25, 0.3) is 11.6 Å². The summed E-state index contributed by atoms with van der Waals surface area (Å²) in [6.07, 6.45) is 0. The van der Waals surface area contributed by atoms with Crippen molar-refractivity contribution in [2.24, 2.45) is 0 Å². The van der Waals surface area contributed by atoms with Gasteiger partial charge in [0.05, 0.1) is 9.82 Å². The molecule has 1 aliphatic heterocycles. The van der Waals surface area contributed by atoms with Crippen molar-refractivity contribution in [1.82, 2.24) is 9.21 Å². The summed E-state index contributed by atoms with van der Waals surface area (Å²) in [6.45, 7) is 5.02. The number of hydrogen-bond donors (Lipinski definition) is 0. The first-order valence-electron chi connectivity index (χ1n) is 9.34. The molecule has 0 aromatic heterocycles. The Morgan fingerprint density at radius 3 is 2.00 bits per heavy atom. The molecule has 2 aromatic carbocycles. The molecule has 1 amide bonds. The number of nitro groups is 1. The first kappa shape index (κ1) is 20.9. The second-order valence-corrected chi connectivity index (χ2v) is 9.16. The number of benzene rings is 2. The van der Waals surface area contributed by atoms with Crippen molar-refractivity contribution in [3.8, 4) is 0 Å². The van der Waals surface area contributed by atoms with E-state index in [1.165, 1.54) is 28.6 Å². The van der Waals surface area contributed by atoms with Gasteiger partial charge in [-0.05, 0) is 35.7 Å². The molecule has 2 aromatic rings. The van der Waals surface area contributed by atoms with Gasteiger partial charge in [-0.25, -0.2) is 8.42 Å². The van der Waals surface area contributed by atoms with E-state index in [1.54, 1.807) is 17.0 Å². The lowest BCUT2D eigenvalue weighted by Crippen LogP contribution is -2.50. The van der Waals surface area contributed by atoms with Crippen LogP contribution in [0, 0.1) is 10.1 Å². The monoisotopic (exact) mass is 417 g/mol. The van der Waals surface area contributed by atoms with Crippen LogP contribution in [0.5, 0.6) is 0 Å². The maximum absolute atomic E-state index is 12.9. The summed E-state index contributed by atoms with van der Waals surface area (Å²) in [5.74, 6) is 0.0546. The Morgan fingerprint density at radius 1 is 0.966 bits per heavy atom. The average molecular weight is 417 g/mol. The standard InChI is InChI=1S/C20H23N3O5S/c1-15(2)16-5-9-19(10-6-16)29(27,28)22-13-11-21(12-14-22)20(24)17-3-7-18(8-4-17)23(25)26/h3-10,15H,11-14H2,1-2H3. The number of carbonyl (C=O) groups is 1. The zero-order valence-corrected chi connectivity index (χ0v) is 17.1. The summed E-state index contributed by atoms with van der Waals surface area (Å²) >= 11 is 0. The molecule has 154 valence electrons. The first-order chi connectivity index (χ1) is 13.7. The minimum absolute atomic E-state index is 0.0825. The van der Waals surface area contributed by atoms with Crippen LogP contribution in [-0.4, -0.2) is 54.6 Å². The summed E-state index contributed by atoms with van der Waals surface area (Å²) in [4.78, 5) is 24.6. The topological polar surface area (TPSA) is 101 Å². The number of nitro benzene ring substituents is 1. The number of carbonyl (C=O) groups excluding carboxylic acids is 1. The molecule has 0 spiro atoms. The Morgan fingerprint density at radius 2 is 1.52 bits per heavy atom. The molecular formula is C20H23N3O5S. The van der Waals surface area contributed by atoms with E-state index in [1.807, 2.05) is 26.0 Å². The Bertz CT molecular complexity index is 993. The van der Waals surface area contributed by atoms with Crippen LogP contribution in [0.2, 0.25) is 0 Å². The number of piperazine rings is 1. The highest BCUT2D eigenvalue weighted by Gasteiger charge is 2.30. The molecule has 8 nitrogen and oxygen atoms in total.